The van der Waals surface area contributed by atoms with Gasteiger partial charge in [0.05, 0.1) is 5.56 Å². The van der Waals surface area contributed by atoms with Crippen LogP contribution in [0.5, 0.6) is 0 Å². The van der Waals surface area contributed by atoms with Gasteiger partial charge in [0, 0.05) is 44.3 Å². The van der Waals surface area contributed by atoms with Gasteiger partial charge in [-0.25, -0.2) is 4.57 Å². The number of aromatic nitrogens is 1. The van der Waals surface area contributed by atoms with Gasteiger partial charge in [0.1, 0.15) is 18.2 Å². The molecular weight excluding hydrogens is 390 g/mol. The molecule has 1 aliphatic carbocycles. The summed E-state index contributed by atoms with van der Waals surface area (Å²) in [7, 11) is 1.63. The van der Waals surface area contributed by atoms with Crippen molar-refractivity contribution in [1.82, 2.24) is 0 Å². The van der Waals surface area contributed by atoms with E-state index in [9.17, 15) is 0 Å². The van der Waals surface area contributed by atoms with Crippen LogP contribution < -0.4 is 4.57 Å². The second-order valence-electron chi connectivity index (χ2n) is 8.49. The predicted molar refractivity (Wildman–Crippen MR) is 132 cm³/mol. The first-order valence-corrected chi connectivity index (χ1v) is 10.4. The van der Waals surface area contributed by atoms with Crippen LogP contribution in [-0.2, 0) is 12.5 Å². The summed E-state index contributed by atoms with van der Waals surface area (Å²) in [6, 6.07) is 14.7. The highest BCUT2D eigenvalue weighted by atomic mass is 16.3. The molecule has 2 aromatic heterocycles. The van der Waals surface area contributed by atoms with Crippen molar-refractivity contribution in [3.8, 4) is 22.4 Å². The van der Waals surface area contributed by atoms with Crippen LogP contribution in [0.15, 0.2) is 65.2 Å². The van der Waals surface area contributed by atoms with Gasteiger partial charge in [-0.15, -0.1) is 0 Å². The maximum absolute atomic E-state index is 8.52. The summed E-state index contributed by atoms with van der Waals surface area (Å²) < 4.78 is 107. The maximum atomic E-state index is 8.52. The van der Waals surface area contributed by atoms with E-state index in [1.165, 1.54) is 18.3 Å². The zero-order chi connectivity index (χ0) is 32.4. The SMILES string of the molecule is [2H]C([2H])([2H])c1cc(-c2c(C)ccc3c2oc2ccc4c(c23)-c2ccccc2C4(C([2H])([2H])[2H])C([2H])([2H])[2H])[n+](C)cc1C([2H])([2H])[2H]. The van der Waals surface area contributed by atoms with Gasteiger partial charge in [0.2, 0.25) is 5.69 Å². The molecule has 158 valence electrons. The van der Waals surface area contributed by atoms with Crippen LogP contribution in [0.1, 0.15) is 58.0 Å². The Labute approximate surface area is 206 Å². The Morgan fingerprint density at radius 2 is 1.72 bits per heavy atom. The summed E-state index contributed by atoms with van der Waals surface area (Å²) in [4.78, 5) is 0. The van der Waals surface area contributed by atoms with Gasteiger partial charge in [0.15, 0.2) is 6.20 Å². The third kappa shape index (κ3) is 2.38. The fraction of sp³-hybridized carbons (Fsp3) is 0.233. The normalized spacial score (nSPS) is 21.3. The Hall–Kier alpha value is -3.39. The molecule has 0 N–H and O–H groups in total. The Morgan fingerprint density at radius 3 is 2.53 bits per heavy atom. The highest BCUT2D eigenvalue weighted by Gasteiger charge is 2.37. The van der Waals surface area contributed by atoms with E-state index in [0.717, 1.165) is 5.56 Å². The second-order valence-corrected chi connectivity index (χ2v) is 8.49. The van der Waals surface area contributed by atoms with Crippen molar-refractivity contribution >= 4 is 21.9 Å². The first kappa shape index (κ1) is 10.5. The minimum Gasteiger partial charge on any atom is -0.455 e. The van der Waals surface area contributed by atoms with E-state index in [4.69, 9.17) is 20.9 Å². The van der Waals surface area contributed by atoms with Gasteiger partial charge in [-0.2, -0.15) is 0 Å². The lowest BCUT2D eigenvalue weighted by Crippen LogP contribution is -2.31. The number of hydrogen-bond donors (Lipinski definition) is 0. The van der Waals surface area contributed by atoms with Crippen molar-refractivity contribution in [2.75, 3.05) is 0 Å². The molecular formula is C30H28NO+. The standard InChI is InChI=1S/C30H28NO/c1-17-11-12-21-28-25(32-29(21)26(17)24-15-18(2)19(3)16-31(24)6)14-13-23-27(28)20-9-7-8-10-22(20)30(23,4)5/h7-16H,1-6H3/q+1/i2D3,3D3,4D3,5D3. The molecule has 0 radical (unpaired) electrons. The minimum atomic E-state index is -2.92. The summed E-state index contributed by atoms with van der Waals surface area (Å²) in [5.74, 6) is 0. The lowest BCUT2D eigenvalue weighted by atomic mass is 9.82. The van der Waals surface area contributed by atoms with E-state index < -0.39 is 32.8 Å². The molecule has 2 heteroatoms. The fourth-order valence-corrected chi connectivity index (χ4v) is 5.01. The Kier molecular flexibility index (Phi) is 2.07. The van der Waals surface area contributed by atoms with Crippen LogP contribution in [0.2, 0.25) is 0 Å². The van der Waals surface area contributed by atoms with Gasteiger partial charge >= 0.3 is 0 Å². The number of aryl methyl sites for hydroxylation is 4. The Morgan fingerprint density at radius 1 is 0.875 bits per heavy atom. The van der Waals surface area contributed by atoms with Gasteiger partial charge in [-0.3, -0.25) is 0 Å². The molecule has 0 spiro atoms. The zero-order valence-electron chi connectivity index (χ0n) is 29.6. The molecule has 0 fully saturated rings. The average molecular weight is 431 g/mol. The van der Waals surface area contributed by atoms with Crippen LogP contribution in [0.25, 0.3) is 44.3 Å². The maximum Gasteiger partial charge on any atom is 0.216 e. The molecule has 0 amide bonds. The molecule has 2 heterocycles. The number of hydrogen-bond acceptors (Lipinski definition) is 1. The monoisotopic (exact) mass is 430 g/mol. The first-order valence-electron chi connectivity index (χ1n) is 16.4. The quantitative estimate of drug-likeness (QED) is 0.255. The average Bonchev–Trinajstić information content (AvgIpc) is 3.41. The molecule has 2 nitrogen and oxygen atoms in total. The van der Waals surface area contributed by atoms with Crippen LogP contribution in [0.3, 0.4) is 0 Å². The van der Waals surface area contributed by atoms with E-state index in [2.05, 4.69) is 0 Å². The number of nitrogens with zero attached hydrogens (tertiary/aromatic N) is 1. The highest BCUT2D eigenvalue weighted by Crippen LogP contribution is 2.53. The lowest BCUT2D eigenvalue weighted by Gasteiger charge is -2.21. The molecule has 0 atom stereocenters. The van der Waals surface area contributed by atoms with Crippen LogP contribution in [0, 0.1) is 20.6 Å². The Balaban J connectivity index is 1.75. The largest absolute Gasteiger partial charge is 0.455 e. The lowest BCUT2D eigenvalue weighted by molar-refractivity contribution is -0.660. The molecule has 1 aliphatic rings. The van der Waals surface area contributed by atoms with Crippen molar-refractivity contribution in [1.29, 1.82) is 0 Å². The van der Waals surface area contributed by atoms with Gasteiger partial charge < -0.3 is 4.42 Å². The first-order chi connectivity index (χ1) is 20.2. The molecule has 5 aromatic rings. The van der Waals surface area contributed by atoms with Crippen molar-refractivity contribution < 1.29 is 25.4 Å². The number of benzene rings is 3. The Bertz CT molecular complexity index is 1980. The molecule has 0 bridgehead atoms. The van der Waals surface area contributed by atoms with E-state index in [1.54, 1.807) is 41.9 Å². The van der Waals surface area contributed by atoms with Gasteiger partial charge in [0.25, 0.3) is 0 Å². The van der Waals surface area contributed by atoms with Crippen molar-refractivity contribution in [2.24, 2.45) is 7.05 Å². The second kappa shape index (κ2) is 6.32. The van der Waals surface area contributed by atoms with E-state index in [1.807, 2.05) is 19.1 Å². The molecule has 0 saturated heterocycles. The molecule has 3 aromatic carbocycles. The smallest absolute Gasteiger partial charge is 0.216 e. The van der Waals surface area contributed by atoms with Crippen molar-refractivity contribution in [3.05, 3.63) is 88.6 Å². The molecule has 0 unspecified atom stereocenters. The zero-order valence-corrected chi connectivity index (χ0v) is 17.6. The van der Waals surface area contributed by atoms with E-state index in [0.29, 0.717) is 44.3 Å². The van der Waals surface area contributed by atoms with Crippen molar-refractivity contribution in [2.45, 2.75) is 39.7 Å². The molecule has 0 aliphatic heterocycles. The molecule has 0 saturated carbocycles. The summed E-state index contributed by atoms with van der Waals surface area (Å²) in [5.41, 5.74) is 0.879. The number of pyridine rings is 1. The third-order valence-electron chi connectivity index (χ3n) is 6.55. The number of furan rings is 1. The number of fused-ring (bicyclic) bond motifs is 7. The summed E-state index contributed by atoms with van der Waals surface area (Å²) in [6.07, 6.45) is 1.31. The molecule has 6 rings (SSSR count). The minimum absolute atomic E-state index is 0.160. The fourth-order valence-electron chi connectivity index (χ4n) is 5.01. The topological polar surface area (TPSA) is 17.0 Å². The van der Waals surface area contributed by atoms with E-state index >= 15 is 0 Å². The number of rotatable bonds is 1. The van der Waals surface area contributed by atoms with Crippen molar-refractivity contribution in [3.63, 3.8) is 0 Å². The predicted octanol–water partition coefficient (Wildman–Crippen LogP) is 7.31. The molecule has 32 heavy (non-hydrogen) atoms. The van der Waals surface area contributed by atoms with Crippen LogP contribution in [-0.4, -0.2) is 0 Å². The summed E-state index contributed by atoms with van der Waals surface area (Å²) in [5, 5.41) is 1.12. The highest BCUT2D eigenvalue weighted by molar-refractivity contribution is 6.17. The van der Waals surface area contributed by atoms with E-state index in [-0.39, 0.29) is 22.3 Å². The van der Waals surface area contributed by atoms with Crippen LogP contribution in [0.4, 0.5) is 0 Å². The van der Waals surface area contributed by atoms with Gasteiger partial charge in [-0.1, -0.05) is 56.2 Å². The third-order valence-corrected chi connectivity index (χ3v) is 6.55. The summed E-state index contributed by atoms with van der Waals surface area (Å²) in [6.45, 7) is -9.38. The summed E-state index contributed by atoms with van der Waals surface area (Å²) >= 11 is 0. The van der Waals surface area contributed by atoms with Crippen LogP contribution >= 0.6 is 0 Å². The van der Waals surface area contributed by atoms with Gasteiger partial charge in [-0.05, 0) is 60.1 Å².